The van der Waals surface area contributed by atoms with Crippen molar-refractivity contribution in [2.24, 2.45) is 0 Å². The van der Waals surface area contributed by atoms with E-state index in [-0.39, 0.29) is 5.82 Å². The van der Waals surface area contributed by atoms with Gasteiger partial charge in [-0.05, 0) is 19.2 Å². The van der Waals surface area contributed by atoms with Crippen LogP contribution in [-0.4, -0.2) is 44.1 Å². The molecule has 0 bridgehead atoms. The maximum absolute atomic E-state index is 12.7. The zero-order valence-corrected chi connectivity index (χ0v) is 17.7. The molecule has 1 amide bonds. The first-order chi connectivity index (χ1) is 13.5. The van der Waals surface area contributed by atoms with Gasteiger partial charge in [0.25, 0.3) is 5.91 Å². The molecule has 0 saturated carbocycles. The van der Waals surface area contributed by atoms with Crippen molar-refractivity contribution in [3.63, 3.8) is 0 Å². The number of thiazole rings is 1. The van der Waals surface area contributed by atoms with Crippen LogP contribution in [0.4, 0.5) is 5.13 Å². The Morgan fingerprint density at radius 1 is 1.29 bits per heavy atom. The number of anilines is 1. The van der Waals surface area contributed by atoms with Crippen LogP contribution >= 0.6 is 34.5 Å². The van der Waals surface area contributed by atoms with Crippen LogP contribution in [-0.2, 0) is 19.4 Å². The predicted molar refractivity (Wildman–Crippen MR) is 111 cm³/mol. The number of rotatable bonds is 4. The molecule has 0 radical (unpaired) electrons. The van der Waals surface area contributed by atoms with Gasteiger partial charge in [0.05, 0.1) is 15.7 Å². The number of benzene rings is 1. The van der Waals surface area contributed by atoms with Crippen LogP contribution in [0, 0.1) is 0 Å². The van der Waals surface area contributed by atoms with Crippen molar-refractivity contribution in [1.29, 1.82) is 0 Å². The molecular formula is C18H18Cl2N6OS. The van der Waals surface area contributed by atoms with Gasteiger partial charge in [0, 0.05) is 30.8 Å². The molecule has 1 aliphatic heterocycles. The predicted octanol–water partition coefficient (Wildman–Crippen LogP) is 3.83. The number of aromatic nitrogens is 4. The minimum Gasteiger partial charge on any atom is -0.301 e. The highest BCUT2D eigenvalue weighted by Crippen LogP contribution is 2.30. The summed E-state index contributed by atoms with van der Waals surface area (Å²) in [5, 5.41) is 8.62. The highest BCUT2D eigenvalue weighted by Gasteiger charge is 2.23. The number of likely N-dealkylation sites (N-methyl/N-ethyl adjacent to an activating group) is 1. The van der Waals surface area contributed by atoms with Crippen LogP contribution in [0.15, 0.2) is 18.2 Å². The Kier molecular flexibility index (Phi) is 5.37. The van der Waals surface area contributed by atoms with Crippen molar-refractivity contribution in [2.75, 3.05) is 18.9 Å². The average Bonchev–Trinajstić information content (AvgIpc) is 3.24. The number of nitrogens with zero attached hydrogens (tertiary/aromatic N) is 5. The summed E-state index contributed by atoms with van der Waals surface area (Å²) >= 11 is 14.1. The molecular weight excluding hydrogens is 419 g/mol. The molecule has 1 aromatic carbocycles. The van der Waals surface area contributed by atoms with Crippen molar-refractivity contribution < 1.29 is 4.79 Å². The Labute approximate surface area is 176 Å². The number of halogens is 2. The lowest BCUT2D eigenvalue weighted by atomic mass is 10.2. The molecule has 7 nitrogen and oxygen atoms in total. The van der Waals surface area contributed by atoms with E-state index in [0.29, 0.717) is 33.1 Å². The monoisotopic (exact) mass is 436 g/mol. The summed E-state index contributed by atoms with van der Waals surface area (Å²) < 4.78 is 1.53. The Morgan fingerprint density at radius 2 is 2.04 bits per heavy atom. The summed E-state index contributed by atoms with van der Waals surface area (Å²) in [6.07, 6.45) is 1.45. The Morgan fingerprint density at radius 3 is 2.75 bits per heavy atom. The minimum absolute atomic E-state index is 0.0538. The van der Waals surface area contributed by atoms with Crippen molar-refractivity contribution in [3.8, 4) is 5.69 Å². The van der Waals surface area contributed by atoms with Crippen molar-refractivity contribution >= 4 is 45.6 Å². The second-order valence-corrected chi connectivity index (χ2v) is 8.42. The Hall–Kier alpha value is -2.00. The smallest absolute Gasteiger partial charge is 0.297 e. The zero-order chi connectivity index (χ0) is 19.8. The van der Waals surface area contributed by atoms with E-state index >= 15 is 0 Å². The van der Waals surface area contributed by atoms with E-state index in [9.17, 15) is 4.79 Å². The van der Waals surface area contributed by atoms with Crippen molar-refractivity contribution in [2.45, 2.75) is 26.3 Å². The number of carbonyl (C=O) groups is 1. The molecule has 0 aliphatic carbocycles. The minimum atomic E-state index is -0.406. The Bertz CT molecular complexity index is 1030. The molecule has 10 heteroatoms. The van der Waals surface area contributed by atoms with E-state index in [1.54, 1.807) is 18.2 Å². The van der Waals surface area contributed by atoms with E-state index in [1.165, 1.54) is 20.9 Å². The molecule has 4 rings (SSSR count). The fourth-order valence-electron chi connectivity index (χ4n) is 3.07. The van der Waals surface area contributed by atoms with Crippen LogP contribution in [0.1, 0.15) is 33.9 Å². The van der Waals surface area contributed by atoms with Gasteiger partial charge >= 0.3 is 0 Å². The molecule has 1 aliphatic rings. The summed E-state index contributed by atoms with van der Waals surface area (Å²) in [5.41, 5.74) is 1.57. The third-order valence-corrected chi connectivity index (χ3v) is 6.09. The summed E-state index contributed by atoms with van der Waals surface area (Å²) in [6, 6.07) is 5.20. The van der Waals surface area contributed by atoms with Crippen LogP contribution in [0.3, 0.4) is 0 Å². The summed E-state index contributed by atoms with van der Waals surface area (Å²) in [5.74, 6) is 0.245. The maximum atomic E-state index is 12.7. The molecule has 0 unspecified atom stereocenters. The molecule has 2 aromatic heterocycles. The number of aryl methyl sites for hydroxylation is 1. The standard InChI is InChI=1S/C18H18Cl2N6OS/c1-3-14-22-16(24-26(14)15-10(19)5-4-6-11(15)20)17(27)23-18-21-12-7-8-25(2)9-13(12)28-18/h4-6H,3,7-9H2,1-2H3,(H,21,23,27). The maximum Gasteiger partial charge on any atom is 0.297 e. The lowest BCUT2D eigenvalue weighted by molar-refractivity contribution is 0.101. The number of hydrogen-bond donors (Lipinski definition) is 1. The second-order valence-electron chi connectivity index (χ2n) is 6.52. The molecule has 0 atom stereocenters. The molecule has 0 fully saturated rings. The highest BCUT2D eigenvalue weighted by atomic mass is 35.5. The summed E-state index contributed by atoms with van der Waals surface area (Å²) in [6.45, 7) is 3.74. The van der Waals surface area contributed by atoms with Gasteiger partial charge in [0.2, 0.25) is 5.82 Å². The number of para-hydroxylation sites is 1. The SMILES string of the molecule is CCc1nc(C(=O)Nc2nc3c(s2)CN(C)CC3)nn1-c1c(Cl)cccc1Cl. The lowest BCUT2D eigenvalue weighted by Gasteiger charge is -2.20. The third kappa shape index (κ3) is 3.65. The lowest BCUT2D eigenvalue weighted by Crippen LogP contribution is -2.25. The van der Waals surface area contributed by atoms with E-state index in [2.05, 4.69) is 32.3 Å². The molecule has 28 heavy (non-hydrogen) atoms. The third-order valence-electron chi connectivity index (χ3n) is 4.49. The molecule has 3 aromatic rings. The fraction of sp³-hybridized carbons (Fsp3) is 0.333. The largest absolute Gasteiger partial charge is 0.301 e. The number of nitrogens with one attached hydrogen (secondary N) is 1. The highest BCUT2D eigenvalue weighted by molar-refractivity contribution is 7.15. The van der Waals surface area contributed by atoms with E-state index in [4.69, 9.17) is 23.2 Å². The number of amides is 1. The van der Waals surface area contributed by atoms with Crippen LogP contribution in [0.5, 0.6) is 0 Å². The van der Waals surface area contributed by atoms with E-state index < -0.39 is 5.91 Å². The van der Waals surface area contributed by atoms with Gasteiger partial charge in [0.15, 0.2) is 5.13 Å². The van der Waals surface area contributed by atoms with Crippen LogP contribution in [0.25, 0.3) is 5.69 Å². The number of fused-ring (bicyclic) bond motifs is 1. The summed E-state index contributed by atoms with van der Waals surface area (Å²) in [4.78, 5) is 25.0. The quantitative estimate of drug-likeness (QED) is 0.672. The molecule has 0 saturated heterocycles. The zero-order valence-electron chi connectivity index (χ0n) is 15.4. The van der Waals surface area contributed by atoms with E-state index in [1.807, 2.05) is 6.92 Å². The molecule has 0 spiro atoms. The normalized spacial score (nSPS) is 14.1. The van der Waals surface area contributed by atoms with Gasteiger partial charge in [-0.3, -0.25) is 10.1 Å². The van der Waals surface area contributed by atoms with Gasteiger partial charge in [-0.2, -0.15) is 0 Å². The molecule has 3 heterocycles. The Balaban J connectivity index is 1.62. The molecule has 1 N–H and O–H groups in total. The average molecular weight is 437 g/mol. The topological polar surface area (TPSA) is 75.9 Å². The summed E-state index contributed by atoms with van der Waals surface area (Å²) in [7, 11) is 2.07. The second kappa shape index (κ2) is 7.79. The van der Waals surface area contributed by atoms with E-state index in [0.717, 1.165) is 25.2 Å². The van der Waals surface area contributed by atoms with Crippen LogP contribution < -0.4 is 5.32 Å². The first-order valence-electron chi connectivity index (χ1n) is 8.85. The first-order valence-corrected chi connectivity index (χ1v) is 10.4. The number of hydrogen-bond acceptors (Lipinski definition) is 6. The van der Waals surface area contributed by atoms with Gasteiger partial charge < -0.3 is 4.90 Å². The van der Waals surface area contributed by atoms with Gasteiger partial charge in [-0.1, -0.05) is 36.2 Å². The fourth-order valence-corrected chi connectivity index (χ4v) is 4.71. The van der Waals surface area contributed by atoms with Gasteiger partial charge in [-0.25, -0.2) is 14.6 Å². The van der Waals surface area contributed by atoms with Crippen LogP contribution in [0.2, 0.25) is 10.0 Å². The van der Waals surface area contributed by atoms with Crippen molar-refractivity contribution in [1.82, 2.24) is 24.6 Å². The first kappa shape index (κ1) is 19.3. The van der Waals surface area contributed by atoms with Gasteiger partial charge in [0.1, 0.15) is 11.5 Å². The number of carbonyl (C=O) groups excluding carboxylic acids is 1. The van der Waals surface area contributed by atoms with Gasteiger partial charge in [-0.15, -0.1) is 16.4 Å². The van der Waals surface area contributed by atoms with Crippen molar-refractivity contribution in [3.05, 3.63) is 50.5 Å². The molecule has 146 valence electrons.